The van der Waals surface area contributed by atoms with Gasteiger partial charge >= 0.3 is 0 Å². The SMILES string of the molecule is Cc1noc(C(C)C)c1C(=O)NCC(c1ccccc1)N1CCCCC1. The molecule has 0 saturated carbocycles. The molecule has 2 heterocycles. The third-order valence-electron chi connectivity index (χ3n) is 5.11. The number of carbonyl (C=O) groups is 1. The van der Waals surface area contributed by atoms with Crippen LogP contribution < -0.4 is 5.32 Å². The number of nitrogens with one attached hydrogen (secondary N) is 1. The second-order valence-electron chi connectivity index (χ2n) is 7.40. The Labute approximate surface area is 155 Å². The van der Waals surface area contributed by atoms with E-state index in [-0.39, 0.29) is 17.9 Å². The van der Waals surface area contributed by atoms with Crippen molar-refractivity contribution in [2.24, 2.45) is 0 Å². The highest BCUT2D eigenvalue weighted by Crippen LogP contribution is 2.25. The summed E-state index contributed by atoms with van der Waals surface area (Å²) in [5.41, 5.74) is 2.49. The fourth-order valence-corrected chi connectivity index (χ4v) is 3.70. The molecule has 1 unspecified atom stereocenters. The van der Waals surface area contributed by atoms with Gasteiger partial charge in [-0.05, 0) is 38.4 Å². The molecule has 0 bridgehead atoms. The fourth-order valence-electron chi connectivity index (χ4n) is 3.70. The van der Waals surface area contributed by atoms with E-state index in [1.54, 1.807) is 0 Å². The van der Waals surface area contributed by atoms with Crippen LogP contribution in [0.5, 0.6) is 0 Å². The lowest BCUT2D eigenvalue weighted by molar-refractivity contribution is 0.0921. The third kappa shape index (κ3) is 4.15. The van der Waals surface area contributed by atoms with E-state index in [9.17, 15) is 4.79 Å². The van der Waals surface area contributed by atoms with Gasteiger partial charge in [0.2, 0.25) is 0 Å². The lowest BCUT2D eigenvalue weighted by Crippen LogP contribution is -2.40. The molecular formula is C21H29N3O2. The summed E-state index contributed by atoms with van der Waals surface area (Å²) in [4.78, 5) is 15.3. The standard InChI is InChI=1S/C21H29N3O2/c1-15(2)20-19(16(3)23-26-20)21(25)22-14-18(17-10-6-4-7-11-17)24-12-8-5-9-13-24/h4,6-7,10-11,15,18H,5,8-9,12-14H2,1-3H3,(H,22,25). The van der Waals surface area contributed by atoms with E-state index in [1.165, 1.54) is 24.8 Å². The Bertz CT molecular complexity index is 718. The predicted molar refractivity (Wildman–Crippen MR) is 102 cm³/mol. The summed E-state index contributed by atoms with van der Waals surface area (Å²) in [6.45, 7) is 8.60. The number of benzene rings is 1. The largest absolute Gasteiger partial charge is 0.360 e. The molecule has 0 radical (unpaired) electrons. The highest BCUT2D eigenvalue weighted by Gasteiger charge is 2.26. The Kier molecular flexibility index (Phi) is 6.09. The van der Waals surface area contributed by atoms with Crippen molar-refractivity contribution < 1.29 is 9.32 Å². The highest BCUT2D eigenvalue weighted by atomic mass is 16.5. The average molecular weight is 355 g/mol. The maximum atomic E-state index is 12.8. The summed E-state index contributed by atoms with van der Waals surface area (Å²) in [7, 11) is 0. The van der Waals surface area contributed by atoms with Crippen LogP contribution in [0.4, 0.5) is 0 Å². The van der Waals surface area contributed by atoms with Gasteiger partial charge < -0.3 is 9.84 Å². The van der Waals surface area contributed by atoms with Crippen LogP contribution in [0.1, 0.15) is 72.4 Å². The van der Waals surface area contributed by atoms with Gasteiger partial charge in [-0.15, -0.1) is 0 Å². The van der Waals surface area contributed by atoms with E-state index >= 15 is 0 Å². The first kappa shape index (κ1) is 18.6. The number of nitrogens with zero attached hydrogens (tertiary/aromatic N) is 2. The van der Waals surface area contributed by atoms with Crippen molar-refractivity contribution in [3.05, 3.63) is 52.9 Å². The molecule has 1 amide bonds. The number of amides is 1. The van der Waals surface area contributed by atoms with Crippen molar-refractivity contribution in [1.29, 1.82) is 0 Å². The zero-order chi connectivity index (χ0) is 18.5. The van der Waals surface area contributed by atoms with Crippen LogP contribution in [-0.2, 0) is 0 Å². The van der Waals surface area contributed by atoms with Gasteiger partial charge in [0.15, 0.2) is 5.76 Å². The molecule has 3 rings (SSSR count). The zero-order valence-electron chi connectivity index (χ0n) is 16.0. The number of piperidine rings is 1. The molecule has 0 spiro atoms. The van der Waals surface area contributed by atoms with Crippen LogP contribution in [0.3, 0.4) is 0 Å². The molecule has 0 aliphatic carbocycles. The van der Waals surface area contributed by atoms with Gasteiger partial charge in [0.05, 0.1) is 11.7 Å². The Hall–Kier alpha value is -2.14. The molecule has 1 atom stereocenters. The van der Waals surface area contributed by atoms with Crippen LogP contribution in [-0.4, -0.2) is 35.6 Å². The molecule has 1 aliphatic heterocycles. The van der Waals surface area contributed by atoms with Crippen LogP contribution >= 0.6 is 0 Å². The smallest absolute Gasteiger partial charge is 0.256 e. The number of hydrogen-bond donors (Lipinski definition) is 1. The Balaban J connectivity index is 1.75. The van der Waals surface area contributed by atoms with E-state index < -0.39 is 0 Å². The minimum absolute atomic E-state index is 0.0922. The van der Waals surface area contributed by atoms with E-state index in [2.05, 4.69) is 39.6 Å². The van der Waals surface area contributed by atoms with Gasteiger partial charge in [-0.2, -0.15) is 0 Å². The van der Waals surface area contributed by atoms with Crippen LogP contribution in [0.25, 0.3) is 0 Å². The molecule has 1 fully saturated rings. The van der Waals surface area contributed by atoms with Crippen molar-refractivity contribution >= 4 is 5.91 Å². The molecule has 1 aromatic heterocycles. The molecule has 1 aliphatic rings. The number of rotatable bonds is 6. The highest BCUT2D eigenvalue weighted by molar-refractivity contribution is 5.96. The molecule has 5 nitrogen and oxygen atoms in total. The van der Waals surface area contributed by atoms with Crippen LogP contribution in [0.15, 0.2) is 34.9 Å². The molecule has 2 aromatic rings. The van der Waals surface area contributed by atoms with Gasteiger partial charge in [-0.1, -0.05) is 55.8 Å². The molecule has 1 N–H and O–H groups in total. The van der Waals surface area contributed by atoms with Gasteiger partial charge in [-0.3, -0.25) is 9.69 Å². The molecular weight excluding hydrogens is 326 g/mol. The molecule has 1 aromatic carbocycles. The van der Waals surface area contributed by atoms with Gasteiger partial charge in [-0.25, -0.2) is 0 Å². The van der Waals surface area contributed by atoms with Gasteiger partial charge in [0.25, 0.3) is 5.91 Å². The first-order valence-corrected chi connectivity index (χ1v) is 9.61. The first-order valence-electron chi connectivity index (χ1n) is 9.61. The summed E-state index contributed by atoms with van der Waals surface area (Å²) in [5.74, 6) is 0.698. The predicted octanol–water partition coefficient (Wildman–Crippen LogP) is 4.06. The first-order chi connectivity index (χ1) is 12.6. The van der Waals surface area contributed by atoms with Crippen molar-refractivity contribution in [2.45, 2.75) is 52.0 Å². The average Bonchev–Trinajstić information content (AvgIpc) is 3.05. The minimum Gasteiger partial charge on any atom is -0.360 e. The zero-order valence-corrected chi connectivity index (χ0v) is 16.0. The number of aryl methyl sites for hydroxylation is 1. The number of carbonyl (C=O) groups excluding carboxylic acids is 1. The van der Waals surface area contributed by atoms with Gasteiger partial charge in [0, 0.05) is 12.5 Å². The maximum Gasteiger partial charge on any atom is 0.256 e. The molecule has 1 saturated heterocycles. The van der Waals surface area contributed by atoms with Crippen molar-refractivity contribution in [3.63, 3.8) is 0 Å². The summed E-state index contributed by atoms with van der Waals surface area (Å²) < 4.78 is 5.36. The fraction of sp³-hybridized carbons (Fsp3) is 0.524. The monoisotopic (exact) mass is 355 g/mol. The topological polar surface area (TPSA) is 58.4 Å². The quantitative estimate of drug-likeness (QED) is 0.849. The summed E-state index contributed by atoms with van der Waals surface area (Å²) in [5, 5.41) is 7.12. The lowest BCUT2D eigenvalue weighted by atomic mass is 10.0. The van der Waals surface area contributed by atoms with E-state index in [0.29, 0.717) is 23.6 Å². The van der Waals surface area contributed by atoms with E-state index in [1.807, 2.05) is 26.8 Å². The lowest BCUT2D eigenvalue weighted by Gasteiger charge is -2.35. The Morgan fingerprint density at radius 2 is 1.88 bits per heavy atom. The van der Waals surface area contributed by atoms with E-state index in [4.69, 9.17) is 4.52 Å². The normalized spacial score (nSPS) is 16.6. The molecule has 5 heteroatoms. The summed E-state index contributed by atoms with van der Waals surface area (Å²) in [6.07, 6.45) is 3.74. The third-order valence-corrected chi connectivity index (χ3v) is 5.11. The van der Waals surface area contributed by atoms with Crippen molar-refractivity contribution in [3.8, 4) is 0 Å². The summed E-state index contributed by atoms with van der Waals surface area (Å²) in [6, 6.07) is 10.7. The number of likely N-dealkylation sites (tertiary alicyclic amines) is 1. The van der Waals surface area contributed by atoms with E-state index in [0.717, 1.165) is 13.1 Å². The van der Waals surface area contributed by atoms with Crippen molar-refractivity contribution in [2.75, 3.05) is 19.6 Å². The number of aromatic nitrogens is 1. The molecule has 140 valence electrons. The van der Waals surface area contributed by atoms with Gasteiger partial charge in [0.1, 0.15) is 5.56 Å². The molecule has 26 heavy (non-hydrogen) atoms. The second kappa shape index (κ2) is 8.49. The maximum absolute atomic E-state index is 12.8. The number of hydrogen-bond acceptors (Lipinski definition) is 4. The Morgan fingerprint density at radius 3 is 2.54 bits per heavy atom. The Morgan fingerprint density at radius 1 is 1.19 bits per heavy atom. The summed E-state index contributed by atoms with van der Waals surface area (Å²) >= 11 is 0. The second-order valence-corrected chi connectivity index (χ2v) is 7.40. The van der Waals surface area contributed by atoms with Crippen molar-refractivity contribution in [1.82, 2.24) is 15.4 Å². The van der Waals surface area contributed by atoms with Crippen LogP contribution in [0, 0.1) is 6.92 Å². The van der Waals surface area contributed by atoms with Crippen LogP contribution in [0.2, 0.25) is 0 Å². The minimum atomic E-state index is -0.0922.